The molecule has 25 heavy (non-hydrogen) atoms. The second-order valence-corrected chi connectivity index (χ2v) is 5.49. The maximum Gasteiger partial charge on any atom is 0.416 e. The largest absolute Gasteiger partial charge is 0.416 e. The summed E-state index contributed by atoms with van der Waals surface area (Å²) in [4.78, 5) is 0. The molecule has 0 amide bonds. The number of hydrogen-bond acceptors (Lipinski definition) is 2. The Bertz CT molecular complexity index is 799. The lowest BCUT2D eigenvalue weighted by Gasteiger charge is -2.10. The van der Waals surface area contributed by atoms with Crippen LogP contribution in [0.1, 0.15) is 16.7 Å². The first-order chi connectivity index (χ1) is 11.2. The predicted molar refractivity (Wildman–Crippen MR) is 96.6 cm³/mol. The maximum absolute atomic E-state index is 12.7. The predicted octanol–water partition coefficient (Wildman–Crippen LogP) is 4.46. The van der Waals surface area contributed by atoms with Crippen LogP contribution >= 0.6 is 35.6 Å². The molecule has 2 aromatic rings. The standard InChI is InChI=1S/C15H11Cl2F3N4.ClH/c16-11-6-3-9(7-12(11)17)13(23-24-14(21)22)8-1-4-10(5-2-8)15(18,19)20;/h1-7H,(H4,21,22,24);1H/b23-13+;. The van der Waals surface area contributed by atoms with Gasteiger partial charge in [-0.3, -0.25) is 0 Å². The van der Waals surface area contributed by atoms with Crippen molar-refractivity contribution in [3.05, 3.63) is 69.2 Å². The van der Waals surface area contributed by atoms with Crippen LogP contribution in [0.25, 0.3) is 0 Å². The number of nitrogens with zero attached hydrogens (tertiary/aromatic N) is 2. The van der Waals surface area contributed by atoms with Gasteiger partial charge in [-0.2, -0.15) is 13.2 Å². The van der Waals surface area contributed by atoms with Crippen LogP contribution in [0.3, 0.4) is 0 Å². The number of guanidine groups is 1. The van der Waals surface area contributed by atoms with Crippen molar-refractivity contribution in [2.45, 2.75) is 6.18 Å². The Morgan fingerprint density at radius 3 is 1.88 bits per heavy atom. The average molecular weight is 412 g/mol. The molecule has 2 aromatic carbocycles. The fourth-order valence-electron chi connectivity index (χ4n) is 1.85. The molecule has 0 spiro atoms. The van der Waals surface area contributed by atoms with Gasteiger partial charge in [-0.25, -0.2) is 0 Å². The highest BCUT2D eigenvalue weighted by molar-refractivity contribution is 6.42. The van der Waals surface area contributed by atoms with Crippen LogP contribution in [0, 0.1) is 0 Å². The number of hydrogen-bond donors (Lipinski definition) is 2. The normalized spacial score (nSPS) is 11.6. The molecule has 2 rings (SSSR count). The zero-order chi connectivity index (χ0) is 17.9. The molecule has 0 saturated heterocycles. The van der Waals surface area contributed by atoms with Crippen LogP contribution in [0.4, 0.5) is 13.2 Å². The van der Waals surface area contributed by atoms with Crippen LogP contribution < -0.4 is 11.5 Å². The fraction of sp³-hybridized carbons (Fsp3) is 0.0667. The Morgan fingerprint density at radius 1 is 0.840 bits per heavy atom. The van der Waals surface area contributed by atoms with Crippen molar-refractivity contribution < 1.29 is 13.2 Å². The van der Waals surface area contributed by atoms with E-state index in [-0.39, 0.29) is 29.1 Å². The summed E-state index contributed by atoms with van der Waals surface area (Å²) >= 11 is 11.8. The Hall–Kier alpha value is -1.96. The first-order valence-electron chi connectivity index (χ1n) is 6.48. The Labute approximate surface area is 157 Å². The topological polar surface area (TPSA) is 76.8 Å². The summed E-state index contributed by atoms with van der Waals surface area (Å²) in [6.45, 7) is 0. The molecular formula is C15H12Cl3F3N4. The minimum atomic E-state index is -4.43. The van der Waals surface area contributed by atoms with Gasteiger partial charge in [0.2, 0.25) is 5.96 Å². The summed E-state index contributed by atoms with van der Waals surface area (Å²) in [5.41, 5.74) is 10.9. The lowest BCUT2D eigenvalue weighted by Crippen LogP contribution is -2.22. The molecule has 0 saturated carbocycles. The third kappa shape index (κ3) is 5.52. The third-order valence-corrected chi connectivity index (χ3v) is 3.68. The Morgan fingerprint density at radius 2 is 1.40 bits per heavy atom. The van der Waals surface area contributed by atoms with Crippen molar-refractivity contribution in [2.24, 2.45) is 21.7 Å². The van der Waals surface area contributed by atoms with E-state index in [0.717, 1.165) is 12.1 Å². The minimum Gasteiger partial charge on any atom is -0.369 e. The molecule has 0 radical (unpaired) electrons. The molecule has 0 unspecified atom stereocenters. The first kappa shape index (κ1) is 21.1. The van der Waals surface area contributed by atoms with Gasteiger partial charge >= 0.3 is 6.18 Å². The van der Waals surface area contributed by atoms with Crippen molar-refractivity contribution in [3.63, 3.8) is 0 Å². The molecule has 0 atom stereocenters. The summed E-state index contributed by atoms with van der Waals surface area (Å²) < 4.78 is 38.0. The molecule has 10 heteroatoms. The number of halogens is 6. The van der Waals surface area contributed by atoms with Gasteiger partial charge in [0, 0.05) is 11.1 Å². The number of rotatable bonds is 3. The fourth-order valence-corrected chi connectivity index (χ4v) is 2.15. The van der Waals surface area contributed by atoms with Gasteiger partial charge in [0.1, 0.15) is 5.71 Å². The summed E-state index contributed by atoms with van der Waals surface area (Å²) in [5.74, 6) is -0.292. The monoisotopic (exact) mass is 410 g/mol. The van der Waals surface area contributed by atoms with Gasteiger partial charge in [0.15, 0.2) is 0 Å². The molecule has 0 aliphatic heterocycles. The van der Waals surface area contributed by atoms with E-state index in [9.17, 15) is 13.2 Å². The van der Waals surface area contributed by atoms with Gasteiger partial charge in [-0.15, -0.1) is 22.6 Å². The lowest BCUT2D eigenvalue weighted by molar-refractivity contribution is -0.137. The molecule has 4 nitrogen and oxygen atoms in total. The van der Waals surface area contributed by atoms with E-state index in [1.165, 1.54) is 24.3 Å². The van der Waals surface area contributed by atoms with E-state index in [0.29, 0.717) is 16.1 Å². The summed E-state index contributed by atoms with van der Waals surface area (Å²) in [6.07, 6.45) is -4.43. The zero-order valence-corrected chi connectivity index (χ0v) is 14.7. The van der Waals surface area contributed by atoms with Crippen LogP contribution in [0.2, 0.25) is 10.0 Å². The van der Waals surface area contributed by atoms with Gasteiger partial charge < -0.3 is 11.5 Å². The summed E-state index contributed by atoms with van der Waals surface area (Å²) in [5, 5.41) is 8.05. The molecule has 134 valence electrons. The molecule has 4 N–H and O–H groups in total. The van der Waals surface area contributed by atoms with Gasteiger partial charge in [0.25, 0.3) is 0 Å². The quantitative estimate of drug-likeness (QED) is 0.444. The smallest absolute Gasteiger partial charge is 0.369 e. The zero-order valence-electron chi connectivity index (χ0n) is 12.4. The maximum atomic E-state index is 12.7. The molecule has 0 bridgehead atoms. The lowest BCUT2D eigenvalue weighted by atomic mass is 10.0. The Balaban J connectivity index is 0.00000312. The average Bonchev–Trinajstić information content (AvgIpc) is 2.50. The summed E-state index contributed by atoms with van der Waals surface area (Å²) in [7, 11) is 0. The highest BCUT2D eigenvalue weighted by Crippen LogP contribution is 2.30. The molecule has 0 aliphatic rings. The van der Waals surface area contributed by atoms with Crippen molar-refractivity contribution in [2.75, 3.05) is 0 Å². The third-order valence-electron chi connectivity index (χ3n) is 2.94. The second kappa shape index (κ2) is 8.42. The van der Waals surface area contributed by atoms with E-state index in [2.05, 4.69) is 10.2 Å². The first-order valence-corrected chi connectivity index (χ1v) is 7.23. The van der Waals surface area contributed by atoms with Gasteiger partial charge in [-0.05, 0) is 24.3 Å². The van der Waals surface area contributed by atoms with E-state index in [1.54, 1.807) is 6.07 Å². The van der Waals surface area contributed by atoms with Crippen molar-refractivity contribution in [3.8, 4) is 0 Å². The number of nitrogens with two attached hydrogens (primary N) is 2. The highest BCUT2D eigenvalue weighted by atomic mass is 35.5. The number of benzene rings is 2. The van der Waals surface area contributed by atoms with Crippen LogP contribution in [-0.4, -0.2) is 11.7 Å². The molecular weight excluding hydrogens is 400 g/mol. The van der Waals surface area contributed by atoms with Crippen molar-refractivity contribution >= 4 is 47.3 Å². The SMILES string of the molecule is Cl.NC(N)=N/N=C(\c1ccc(C(F)(F)F)cc1)c1ccc(Cl)c(Cl)c1. The van der Waals surface area contributed by atoms with E-state index < -0.39 is 11.7 Å². The van der Waals surface area contributed by atoms with E-state index >= 15 is 0 Å². The molecule has 0 aromatic heterocycles. The molecule has 0 fully saturated rings. The molecule has 0 aliphatic carbocycles. The number of alkyl halides is 3. The summed E-state index contributed by atoms with van der Waals surface area (Å²) in [6, 6.07) is 9.08. The van der Waals surface area contributed by atoms with Crippen LogP contribution in [0.15, 0.2) is 52.7 Å². The van der Waals surface area contributed by atoms with Gasteiger partial charge in [-0.1, -0.05) is 41.4 Å². The minimum absolute atomic E-state index is 0. The van der Waals surface area contributed by atoms with E-state index in [4.69, 9.17) is 34.7 Å². The van der Waals surface area contributed by atoms with E-state index in [1.807, 2.05) is 0 Å². The van der Waals surface area contributed by atoms with Crippen LogP contribution in [0.5, 0.6) is 0 Å². The van der Waals surface area contributed by atoms with Gasteiger partial charge in [0.05, 0.1) is 15.6 Å². The van der Waals surface area contributed by atoms with Crippen molar-refractivity contribution in [1.29, 1.82) is 0 Å². The highest BCUT2D eigenvalue weighted by Gasteiger charge is 2.30. The second-order valence-electron chi connectivity index (χ2n) is 4.68. The Kier molecular flexibility index (Phi) is 7.10. The van der Waals surface area contributed by atoms with Crippen LogP contribution in [-0.2, 0) is 6.18 Å². The van der Waals surface area contributed by atoms with Crippen molar-refractivity contribution in [1.82, 2.24) is 0 Å². The molecule has 0 heterocycles.